The Kier molecular flexibility index (Phi) is 15.5. The summed E-state index contributed by atoms with van der Waals surface area (Å²) in [5.41, 5.74) is 1.89. The molecule has 0 aliphatic rings. The van der Waals surface area contributed by atoms with Crippen molar-refractivity contribution < 1.29 is 9.13 Å². The largest absolute Gasteiger partial charge is 0.283 e. The number of hydrogen-bond acceptors (Lipinski definition) is 2. The Labute approximate surface area is 266 Å². The van der Waals surface area contributed by atoms with Gasteiger partial charge in [0, 0.05) is 63.0 Å². The molecule has 2 aromatic carbocycles. The second kappa shape index (κ2) is 18.5. The van der Waals surface area contributed by atoms with Gasteiger partial charge >= 0.3 is 0 Å². The van der Waals surface area contributed by atoms with E-state index in [0.717, 1.165) is 11.1 Å². The number of hydrogen-bond donors (Lipinski definition) is 0. The van der Waals surface area contributed by atoms with E-state index in [2.05, 4.69) is 52.6 Å². The van der Waals surface area contributed by atoms with E-state index < -0.39 is 14.9 Å². The van der Waals surface area contributed by atoms with Crippen LogP contribution >= 0.6 is 14.9 Å². The molecule has 234 valence electrons. The van der Waals surface area contributed by atoms with E-state index in [1.165, 1.54) is 0 Å². The summed E-state index contributed by atoms with van der Waals surface area (Å²) < 4.78 is 37.4. The van der Waals surface area contributed by atoms with Crippen LogP contribution in [0.3, 0.4) is 0 Å². The molecule has 0 heterocycles. The van der Waals surface area contributed by atoms with Crippen LogP contribution in [0.4, 0.5) is 0 Å². The molecule has 0 aliphatic heterocycles. The Morgan fingerprint density at radius 1 is 0.386 bits per heavy atom. The predicted octanol–water partition coefficient (Wildman–Crippen LogP) is 7.69. The summed E-state index contributed by atoms with van der Waals surface area (Å²) in [5.74, 6) is 0. The van der Waals surface area contributed by atoms with Crippen LogP contribution in [0.15, 0.2) is 150 Å². The average molecular weight is 631 g/mol. The zero-order valence-electron chi connectivity index (χ0n) is 26.1. The molecule has 0 atom stereocenters. The highest BCUT2D eigenvalue weighted by molar-refractivity contribution is 7.67. The predicted molar refractivity (Wildman–Crippen MR) is 194 cm³/mol. The topological polar surface area (TPSA) is 47.1 Å². The van der Waals surface area contributed by atoms with Crippen molar-refractivity contribution >= 4 is 25.5 Å². The summed E-state index contributed by atoms with van der Waals surface area (Å²) in [4.78, 5) is 0. The van der Waals surface area contributed by atoms with Crippen LogP contribution in [0.5, 0.6) is 0 Å². The van der Waals surface area contributed by atoms with E-state index in [-0.39, 0.29) is 0 Å². The maximum Gasteiger partial charge on any atom is 0.246 e. The van der Waals surface area contributed by atoms with Crippen molar-refractivity contribution in [3.8, 4) is 11.1 Å². The lowest BCUT2D eigenvalue weighted by atomic mass is 10.1. The van der Waals surface area contributed by atoms with Crippen molar-refractivity contribution in [2.24, 2.45) is 0 Å². The lowest BCUT2D eigenvalue weighted by molar-refractivity contribution is 0.399. The molecule has 0 aliphatic carbocycles. The van der Waals surface area contributed by atoms with Gasteiger partial charge in [0.25, 0.3) is 0 Å². The van der Waals surface area contributed by atoms with Gasteiger partial charge in [0.15, 0.2) is 0 Å². The van der Waals surface area contributed by atoms with E-state index in [9.17, 15) is 9.13 Å². The molecule has 8 heteroatoms. The fourth-order valence-electron chi connectivity index (χ4n) is 5.08. The number of nitrogens with zero attached hydrogens (tertiary/aromatic N) is 4. The summed E-state index contributed by atoms with van der Waals surface area (Å²) in [5, 5.41) is 1.40. The molecule has 0 saturated heterocycles. The molecule has 0 amide bonds. The number of benzene rings is 2. The quantitative estimate of drug-likeness (QED) is 0.0927. The van der Waals surface area contributed by atoms with Gasteiger partial charge in [0.05, 0.1) is 0 Å². The van der Waals surface area contributed by atoms with Gasteiger partial charge in [-0.1, -0.05) is 72.9 Å². The maximum atomic E-state index is 14.9. The second-order valence-corrected chi connectivity index (χ2v) is 15.4. The Morgan fingerprint density at radius 3 is 0.727 bits per heavy atom. The Morgan fingerprint density at radius 2 is 0.568 bits per heavy atom. The minimum absolute atomic E-state index is 0.431. The third-order valence-electron chi connectivity index (χ3n) is 6.99. The van der Waals surface area contributed by atoms with Gasteiger partial charge < -0.3 is 0 Å². The van der Waals surface area contributed by atoms with Crippen LogP contribution in [0.1, 0.15) is 0 Å². The SMILES string of the molecule is C=CCN(CC=C)P(=O)(c1ccc(-c2ccc(P(=O)(N(CC=C)CC=C)N(CC=C)CC=C)cc2)cc1)N(CC=C)CC=C. The van der Waals surface area contributed by atoms with Crippen molar-refractivity contribution in [2.45, 2.75) is 0 Å². The van der Waals surface area contributed by atoms with Crippen LogP contribution in [-0.4, -0.2) is 71.0 Å². The molecular formula is C36H48N4O2P2. The van der Waals surface area contributed by atoms with E-state index in [1.54, 1.807) is 48.6 Å². The van der Waals surface area contributed by atoms with Gasteiger partial charge in [-0.2, -0.15) is 0 Å². The molecule has 2 aromatic rings. The molecule has 0 radical (unpaired) electrons. The van der Waals surface area contributed by atoms with Crippen LogP contribution in [0, 0.1) is 0 Å². The zero-order valence-corrected chi connectivity index (χ0v) is 27.8. The van der Waals surface area contributed by atoms with Crippen LogP contribution in [0.25, 0.3) is 11.1 Å². The van der Waals surface area contributed by atoms with Crippen molar-refractivity contribution in [3.63, 3.8) is 0 Å². The second-order valence-electron chi connectivity index (χ2n) is 9.98. The fraction of sp³-hybridized carbons (Fsp3) is 0.222. The average Bonchev–Trinajstić information content (AvgIpc) is 3.04. The van der Waals surface area contributed by atoms with Crippen molar-refractivity contribution in [1.29, 1.82) is 0 Å². The first-order chi connectivity index (χ1) is 21.3. The van der Waals surface area contributed by atoms with Crippen LogP contribution < -0.4 is 10.6 Å². The Balaban J connectivity index is 2.61. The zero-order chi connectivity index (χ0) is 32.6. The van der Waals surface area contributed by atoms with E-state index in [0.29, 0.717) is 63.0 Å². The van der Waals surface area contributed by atoms with Crippen molar-refractivity contribution in [2.75, 3.05) is 52.4 Å². The third-order valence-corrected chi connectivity index (χ3v) is 13.3. The van der Waals surface area contributed by atoms with Gasteiger partial charge in [0.2, 0.25) is 14.9 Å². The van der Waals surface area contributed by atoms with Crippen LogP contribution in [0.2, 0.25) is 0 Å². The van der Waals surface area contributed by atoms with E-state index in [4.69, 9.17) is 0 Å². The minimum Gasteiger partial charge on any atom is -0.283 e. The summed E-state index contributed by atoms with van der Waals surface area (Å²) in [6, 6.07) is 15.6. The molecule has 0 aromatic heterocycles. The third kappa shape index (κ3) is 8.43. The molecule has 0 unspecified atom stereocenters. The van der Waals surface area contributed by atoms with E-state index >= 15 is 0 Å². The first-order valence-corrected chi connectivity index (χ1v) is 17.8. The van der Waals surface area contributed by atoms with Crippen molar-refractivity contribution in [3.05, 3.63) is 150 Å². The monoisotopic (exact) mass is 630 g/mol. The summed E-state index contributed by atoms with van der Waals surface area (Å²) in [7, 11) is -6.49. The molecular weight excluding hydrogens is 582 g/mol. The smallest absolute Gasteiger partial charge is 0.246 e. The Bertz CT molecular complexity index is 1190. The first kappa shape index (κ1) is 36.8. The fourth-order valence-corrected chi connectivity index (χ4v) is 10.9. The van der Waals surface area contributed by atoms with E-state index in [1.807, 2.05) is 67.2 Å². The molecule has 0 bridgehead atoms. The maximum absolute atomic E-state index is 14.9. The van der Waals surface area contributed by atoms with Gasteiger partial charge in [0.1, 0.15) is 0 Å². The van der Waals surface area contributed by atoms with Gasteiger partial charge in [-0.25, -0.2) is 18.7 Å². The molecule has 2 rings (SSSR count). The molecule has 0 fully saturated rings. The lowest BCUT2D eigenvalue weighted by Crippen LogP contribution is -2.38. The normalized spacial score (nSPS) is 11.8. The summed E-state index contributed by atoms with van der Waals surface area (Å²) in [6.45, 7) is 34.5. The molecule has 6 nitrogen and oxygen atoms in total. The molecule has 0 spiro atoms. The van der Waals surface area contributed by atoms with Gasteiger partial charge in [-0.05, 0) is 35.4 Å². The molecule has 44 heavy (non-hydrogen) atoms. The highest BCUT2D eigenvalue weighted by Crippen LogP contribution is 2.53. The molecule has 0 N–H and O–H groups in total. The Hall–Kier alpha value is -3.34. The lowest BCUT2D eigenvalue weighted by Gasteiger charge is -2.38. The van der Waals surface area contributed by atoms with Gasteiger partial charge in [-0.3, -0.25) is 9.13 Å². The molecule has 0 saturated carbocycles. The number of rotatable bonds is 23. The minimum atomic E-state index is -3.25. The van der Waals surface area contributed by atoms with Gasteiger partial charge in [-0.15, -0.1) is 52.6 Å². The standard InChI is InChI=1S/C36H48N4O2P2/c1-9-25-37(26-10-2)43(41,38(27-11-3)28-12-4)35-21-17-33(18-22-35)34-19-23-36(24-20-34)44(42,39(29-13-5)30-14-6)40(31-15-7)32-16-8/h9-24H,1-8,25-32H2. The van der Waals surface area contributed by atoms with Crippen molar-refractivity contribution in [1.82, 2.24) is 18.7 Å². The first-order valence-electron chi connectivity index (χ1n) is 14.6. The van der Waals surface area contributed by atoms with Crippen LogP contribution in [-0.2, 0) is 9.13 Å². The highest BCUT2D eigenvalue weighted by Gasteiger charge is 2.38. The summed E-state index contributed by atoms with van der Waals surface area (Å²) >= 11 is 0. The highest BCUT2D eigenvalue weighted by atomic mass is 31.2. The summed E-state index contributed by atoms with van der Waals surface area (Å²) in [6.07, 6.45) is 14.0.